The topological polar surface area (TPSA) is 221 Å². The Kier molecular flexibility index (Phi) is 19.2. The number of carbonyl (C=O) groups is 6. The van der Waals surface area contributed by atoms with Gasteiger partial charge < -0.3 is 35.8 Å². The number of nitrogens with zero attached hydrogens (tertiary/aromatic N) is 4. The highest BCUT2D eigenvalue weighted by atomic mass is 32.2. The van der Waals surface area contributed by atoms with E-state index in [1.807, 2.05) is 47.1 Å². The van der Waals surface area contributed by atoms with Crippen LogP contribution in [0, 0.1) is 12.3 Å². The lowest BCUT2D eigenvalue weighted by Gasteiger charge is -2.32. The minimum absolute atomic E-state index is 0.0499. The van der Waals surface area contributed by atoms with Gasteiger partial charge in [-0.2, -0.15) is 0 Å². The fraction of sp³-hybridized carbons (Fsp3) is 0.447. The molecular formula is C38H51N7O9S. The highest BCUT2D eigenvalue weighted by Gasteiger charge is 2.20. The summed E-state index contributed by atoms with van der Waals surface area (Å²) in [5.74, 6) is -2.38. The van der Waals surface area contributed by atoms with Gasteiger partial charge in [-0.3, -0.25) is 43.0 Å². The minimum Gasteiger partial charge on any atom is -0.480 e. The van der Waals surface area contributed by atoms with E-state index in [-0.39, 0.29) is 44.2 Å². The summed E-state index contributed by atoms with van der Waals surface area (Å²) in [6.07, 6.45) is 4.23. The predicted molar refractivity (Wildman–Crippen MR) is 208 cm³/mol. The lowest BCUT2D eigenvalue weighted by Crippen LogP contribution is -2.49. The number of aryl methyl sites for hydroxylation is 1. The number of nitrogens with one attached hydrogen (secondary N) is 3. The monoisotopic (exact) mass is 781 g/mol. The van der Waals surface area contributed by atoms with E-state index in [2.05, 4.69) is 10.6 Å². The van der Waals surface area contributed by atoms with E-state index >= 15 is 0 Å². The fourth-order valence-electron chi connectivity index (χ4n) is 6.02. The van der Waals surface area contributed by atoms with Crippen LogP contribution in [0.4, 0.5) is 0 Å². The number of hydrogen-bond donors (Lipinski definition) is 5. The van der Waals surface area contributed by atoms with Crippen molar-refractivity contribution in [3.8, 4) is 11.1 Å². The number of carbonyl (C=O) groups excluding carboxylic acids is 4. The van der Waals surface area contributed by atoms with Crippen molar-refractivity contribution < 1.29 is 43.2 Å². The molecule has 1 saturated heterocycles. The van der Waals surface area contributed by atoms with Crippen molar-refractivity contribution in [3.05, 3.63) is 59.7 Å². The Balaban J connectivity index is 1.56. The number of aldehydes is 2. The molecule has 1 aliphatic heterocycles. The van der Waals surface area contributed by atoms with Gasteiger partial charge in [0.05, 0.1) is 43.5 Å². The molecule has 17 heteroatoms. The van der Waals surface area contributed by atoms with Crippen LogP contribution in [-0.2, 0) is 39.6 Å². The molecule has 5 N–H and O–H groups in total. The Morgan fingerprint density at radius 2 is 1.31 bits per heavy atom. The molecule has 2 amide bonds. The van der Waals surface area contributed by atoms with Crippen LogP contribution in [-0.4, -0.2) is 174 Å². The molecule has 1 heterocycles. The number of hydrogen-bond acceptors (Lipinski definition) is 12. The van der Waals surface area contributed by atoms with Gasteiger partial charge >= 0.3 is 11.9 Å². The molecule has 3 rings (SSSR count). The molecule has 0 bridgehead atoms. The first-order chi connectivity index (χ1) is 26.4. The first-order valence-electron chi connectivity index (χ1n) is 18.0. The normalized spacial score (nSPS) is 16.2. The molecule has 0 saturated carbocycles. The second-order valence-corrected chi connectivity index (χ2v) is 14.6. The predicted octanol–water partition coefficient (Wildman–Crippen LogP) is 0.214. The maximum absolute atomic E-state index is 13.1. The van der Waals surface area contributed by atoms with E-state index in [9.17, 15) is 43.2 Å². The van der Waals surface area contributed by atoms with Gasteiger partial charge in [-0.1, -0.05) is 24.3 Å². The van der Waals surface area contributed by atoms with Crippen LogP contribution in [0.2, 0.25) is 0 Å². The molecular weight excluding hydrogens is 731 g/mol. The zero-order valence-corrected chi connectivity index (χ0v) is 31.9. The average Bonchev–Trinajstić information content (AvgIpc) is 3.15. The highest BCUT2D eigenvalue weighted by Crippen LogP contribution is 2.27. The number of benzene rings is 2. The molecule has 55 heavy (non-hydrogen) atoms. The van der Waals surface area contributed by atoms with E-state index in [4.69, 9.17) is 5.41 Å². The Labute approximate surface area is 323 Å². The van der Waals surface area contributed by atoms with Gasteiger partial charge in [-0.15, -0.1) is 0 Å². The maximum Gasteiger partial charge on any atom is 0.317 e. The number of allylic oxidation sites excluding steroid dienone is 1. The Bertz CT molecular complexity index is 1700. The molecule has 16 nitrogen and oxygen atoms in total. The largest absolute Gasteiger partial charge is 0.480 e. The van der Waals surface area contributed by atoms with Crippen molar-refractivity contribution >= 4 is 58.9 Å². The maximum atomic E-state index is 13.1. The van der Waals surface area contributed by atoms with Gasteiger partial charge in [0.15, 0.2) is 0 Å². The van der Waals surface area contributed by atoms with Crippen LogP contribution in [0.15, 0.2) is 53.4 Å². The second kappa shape index (κ2) is 23.8. The second-order valence-electron chi connectivity index (χ2n) is 13.0. The zero-order valence-electron chi connectivity index (χ0n) is 31.1. The van der Waals surface area contributed by atoms with Crippen molar-refractivity contribution in [2.45, 2.75) is 18.2 Å². The summed E-state index contributed by atoms with van der Waals surface area (Å²) in [4.78, 5) is 78.5. The van der Waals surface area contributed by atoms with E-state index in [1.54, 1.807) is 21.9 Å². The van der Waals surface area contributed by atoms with Gasteiger partial charge in [0.25, 0.3) is 5.91 Å². The van der Waals surface area contributed by atoms with Crippen molar-refractivity contribution in [3.63, 3.8) is 0 Å². The molecule has 1 atom stereocenters. The summed E-state index contributed by atoms with van der Waals surface area (Å²) < 4.78 is 13.1. The third-order valence-electron chi connectivity index (χ3n) is 9.00. The highest BCUT2D eigenvalue weighted by molar-refractivity contribution is 7.85. The van der Waals surface area contributed by atoms with E-state index in [1.165, 1.54) is 6.08 Å². The van der Waals surface area contributed by atoms with Gasteiger partial charge in [-0.25, -0.2) is 0 Å². The summed E-state index contributed by atoms with van der Waals surface area (Å²) >= 11 is 0. The molecule has 1 fully saturated rings. The summed E-state index contributed by atoms with van der Waals surface area (Å²) in [7, 11) is -1.33. The van der Waals surface area contributed by atoms with E-state index in [0.717, 1.165) is 29.2 Å². The van der Waals surface area contributed by atoms with Crippen LogP contribution >= 0.6 is 0 Å². The van der Waals surface area contributed by atoms with Crippen molar-refractivity contribution in [2.75, 3.05) is 97.4 Å². The molecule has 298 valence electrons. The lowest BCUT2D eigenvalue weighted by atomic mass is 9.94. The van der Waals surface area contributed by atoms with E-state index < -0.39 is 28.6 Å². The Morgan fingerprint density at radius 1 is 0.764 bits per heavy atom. The summed E-state index contributed by atoms with van der Waals surface area (Å²) in [6, 6.07) is 12.8. The van der Waals surface area contributed by atoms with Crippen LogP contribution in [0.5, 0.6) is 0 Å². The van der Waals surface area contributed by atoms with Gasteiger partial charge in [-0.05, 0) is 59.9 Å². The fourth-order valence-corrected chi connectivity index (χ4v) is 7.10. The van der Waals surface area contributed by atoms with Crippen LogP contribution in [0.1, 0.15) is 17.5 Å². The molecule has 2 aromatic carbocycles. The zero-order chi connectivity index (χ0) is 40.2. The average molecular weight is 782 g/mol. The van der Waals surface area contributed by atoms with Gasteiger partial charge in [0.1, 0.15) is 12.6 Å². The van der Waals surface area contributed by atoms with Crippen LogP contribution in [0.3, 0.4) is 0 Å². The molecule has 0 spiro atoms. The van der Waals surface area contributed by atoms with Gasteiger partial charge in [0, 0.05) is 81.3 Å². The van der Waals surface area contributed by atoms with Crippen LogP contribution < -0.4 is 10.6 Å². The number of aliphatic carboxylic acids is 2. The SMILES string of the molecule is Cc1ccc(-c2ccc(S(=O)CCCNC(=O)CN3CCN(CC=O)CCN(CC(=O)O)CCN(CC(=O)O)CC3)cc2)cc1/C(=C\C=N)C(=O)NCC=O. The number of carboxylic acid groups (broad SMARTS) is 2. The summed E-state index contributed by atoms with van der Waals surface area (Å²) in [5.41, 5.74) is 3.34. The first-order valence-corrected chi connectivity index (χ1v) is 19.3. The smallest absolute Gasteiger partial charge is 0.317 e. The van der Waals surface area contributed by atoms with Crippen LogP contribution in [0.25, 0.3) is 16.7 Å². The van der Waals surface area contributed by atoms with Crippen molar-refractivity contribution in [1.82, 2.24) is 30.2 Å². The minimum atomic E-state index is -1.33. The van der Waals surface area contributed by atoms with Crippen molar-refractivity contribution in [2.24, 2.45) is 0 Å². The molecule has 0 aromatic heterocycles. The molecule has 0 aliphatic carbocycles. The molecule has 1 unspecified atom stereocenters. The molecule has 0 radical (unpaired) electrons. The number of amides is 2. The Morgan fingerprint density at radius 3 is 1.84 bits per heavy atom. The summed E-state index contributed by atoms with van der Waals surface area (Å²) in [5, 5.41) is 31.6. The molecule has 2 aromatic rings. The van der Waals surface area contributed by atoms with Gasteiger partial charge in [0.2, 0.25) is 5.91 Å². The first kappa shape index (κ1) is 44.5. The quantitative estimate of drug-likeness (QED) is 0.0558. The lowest BCUT2D eigenvalue weighted by molar-refractivity contribution is -0.140. The van der Waals surface area contributed by atoms with Crippen molar-refractivity contribution in [1.29, 1.82) is 5.41 Å². The third-order valence-corrected chi connectivity index (χ3v) is 10.5. The Hall–Kier alpha value is -4.94. The third kappa shape index (κ3) is 15.7. The van der Waals surface area contributed by atoms with E-state index in [0.29, 0.717) is 87.8 Å². The molecule has 1 aliphatic rings. The summed E-state index contributed by atoms with van der Waals surface area (Å²) in [6.45, 7) is 4.92. The number of carboxylic acids is 2. The number of rotatable bonds is 19. The standard InChI is InChI=1S/C38H51N7O9S/c1-29-3-4-31(25-34(29)33(9-10-39)38(53)41-12-22-46)30-5-7-32(8-6-30)55(54)24-2-11-40-35(48)26-43-15-13-42(21-23-47)14-16-44(27-36(49)50)19-20-45(18-17-43)28-37(51)52/h3-10,22-23,25,39H,2,11-21,24,26-28H2,1H3,(H,40,48)(H,41,53)(H,49,50)(H,51,52)/b33-9+,39-10?.